The van der Waals surface area contributed by atoms with Gasteiger partial charge in [-0.3, -0.25) is 4.90 Å². The Bertz CT molecular complexity index is 438. The van der Waals surface area contributed by atoms with Crippen molar-refractivity contribution in [2.45, 2.75) is 139 Å². The second kappa shape index (κ2) is 14.3. The Kier molecular flexibility index (Phi) is 13.9. The first kappa shape index (κ1) is 29.2. The van der Waals surface area contributed by atoms with E-state index < -0.39 is 0 Å². The highest BCUT2D eigenvalue weighted by Gasteiger charge is 2.26. The largest absolute Gasteiger partial charge is 0.298 e. The van der Waals surface area contributed by atoms with Gasteiger partial charge in [-0.2, -0.15) is 0 Å². The summed E-state index contributed by atoms with van der Waals surface area (Å²) >= 11 is 0. The van der Waals surface area contributed by atoms with Crippen molar-refractivity contribution >= 4 is 0 Å². The zero-order valence-corrected chi connectivity index (χ0v) is 22.1. The Morgan fingerprint density at radius 3 is 1.03 bits per heavy atom. The number of rotatable bonds is 0. The average Bonchev–Trinajstić information content (AvgIpc) is 3.18. The van der Waals surface area contributed by atoms with E-state index in [1.807, 2.05) is 0 Å². The smallest absolute Gasteiger partial charge is 0.190 e. The molecule has 0 N–H and O–H groups in total. The summed E-state index contributed by atoms with van der Waals surface area (Å²) in [5.74, 6) is 0. The maximum atomic E-state index is 3.80. The molecule has 1 saturated carbocycles. The topological polar surface area (TPSA) is 52.7 Å². The molecule has 1 saturated heterocycles. The summed E-state index contributed by atoms with van der Waals surface area (Å²) in [4.78, 5) is 2.58. The average molecular weight is 424 g/mol. The zero-order valence-electron chi connectivity index (χ0n) is 22.1. The Hall–Kier alpha value is -0.840. The van der Waals surface area contributed by atoms with Gasteiger partial charge in [-0.15, -0.1) is 10.2 Å². The molecule has 0 aromatic heterocycles. The van der Waals surface area contributed by atoms with E-state index in [-0.39, 0.29) is 11.6 Å². The minimum atomic E-state index is -0.0718. The fourth-order valence-corrected chi connectivity index (χ4v) is 3.14. The number of likely N-dealkylation sites (tertiary alicyclic amines) is 1. The minimum Gasteiger partial charge on any atom is -0.298 e. The van der Waals surface area contributed by atoms with E-state index in [0.29, 0.717) is 11.0 Å². The number of hydrogen-bond donors (Lipinski definition) is 0. The number of hydrogen-bond acceptors (Lipinski definition) is 5. The van der Waals surface area contributed by atoms with Crippen LogP contribution in [-0.2, 0) is 0 Å². The Morgan fingerprint density at radius 1 is 0.533 bits per heavy atom. The molecule has 0 spiro atoms. The first-order valence-corrected chi connectivity index (χ1v) is 12.3. The summed E-state index contributed by atoms with van der Waals surface area (Å²) in [5.41, 5.74) is 0.962. The van der Waals surface area contributed by atoms with Gasteiger partial charge in [0.15, 0.2) is 6.17 Å². The van der Waals surface area contributed by atoms with Crippen molar-refractivity contribution in [3.63, 3.8) is 0 Å². The predicted octanol–water partition coefficient (Wildman–Crippen LogP) is 8.86. The lowest BCUT2D eigenvalue weighted by molar-refractivity contribution is 0.111. The predicted molar refractivity (Wildman–Crippen MR) is 131 cm³/mol. The molecule has 2 heterocycles. The molecule has 3 aliphatic rings. The lowest BCUT2D eigenvalue weighted by Gasteiger charge is -2.38. The molecular formula is C25H53N5. The highest BCUT2D eigenvalue weighted by molar-refractivity contribution is 4.78. The molecule has 178 valence electrons. The van der Waals surface area contributed by atoms with Crippen LogP contribution in [0.1, 0.15) is 127 Å². The van der Waals surface area contributed by atoms with Crippen LogP contribution >= 0.6 is 0 Å². The van der Waals surface area contributed by atoms with Gasteiger partial charge in [0.2, 0.25) is 0 Å². The molecule has 0 aromatic carbocycles. The third-order valence-corrected chi connectivity index (χ3v) is 4.94. The van der Waals surface area contributed by atoms with E-state index in [4.69, 9.17) is 0 Å². The van der Waals surface area contributed by atoms with Gasteiger partial charge in [-0.1, -0.05) is 93.4 Å². The van der Waals surface area contributed by atoms with Crippen LogP contribution in [0.4, 0.5) is 0 Å². The van der Waals surface area contributed by atoms with E-state index >= 15 is 0 Å². The molecule has 0 amide bonds. The fraction of sp³-hybridized carbons (Fsp3) is 1.00. The van der Waals surface area contributed by atoms with E-state index in [1.165, 1.54) is 70.9 Å². The molecule has 0 atom stereocenters. The van der Waals surface area contributed by atoms with Crippen LogP contribution in [0.3, 0.4) is 0 Å². The summed E-state index contributed by atoms with van der Waals surface area (Å²) in [5, 5.41) is 14.4. The van der Waals surface area contributed by atoms with Crippen LogP contribution < -0.4 is 0 Å². The van der Waals surface area contributed by atoms with Crippen LogP contribution in [0.5, 0.6) is 0 Å². The highest BCUT2D eigenvalue weighted by atomic mass is 15.6. The normalized spacial score (nSPS) is 20.3. The summed E-state index contributed by atoms with van der Waals surface area (Å²) in [6.45, 7) is 24.4. The lowest BCUT2D eigenvalue weighted by atomic mass is 9.93. The summed E-state index contributed by atoms with van der Waals surface area (Å²) < 4.78 is 0. The maximum absolute atomic E-state index is 3.80. The van der Waals surface area contributed by atoms with Gasteiger partial charge in [-0.25, -0.2) is 0 Å². The summed E-state index contributed by atoms with van der Waals surface area (Å²) in [7, 11) is 0. The van der Waals surface area contributed by atoms with Crippen LogP contribution in [0.15, 0.2) is 20.7 Å². The Labute approximate surface area is 188 Å². The Morgan fingerprint density at radius 2 is 0.833 bits per heavy atom. The molecule has 0 bridgehead atoms. The standard InChI is InChI=1S/C9H19N.C6H12.C5H10N4.C5H12/c1-9(2,3)10-7-5-4-6-8-10;1-2-4-6-5-3-1;1-5(2,3)4-6-8-9-7-4;1-5(2,3)4/h4-8H2,1-3H3;1-6H2;4H,1-3H3;1-4H3. The molecule has 5 nitrogen and oxygen atoms in total. The first-order chi connectivity index (χ1) is 13.7. The number of piperidine rings is 1. The molecule has 5 heteroatoms. The van der Waals surface area contributed by atoms with E-state index in [9.17, 15) is 0 Å². The number of nitrogens with zero attached hydrogens (tertiary/aromatic N) is 5. The van der Waals surface area contributed by atoms with Gasteiger partial charge < -0.3 is 0 Å². The van der Waals surface area contributed by atoms with Crippen LogP contribution in [0, 0.1) is 10.8 Å². The van der Waals surface area contributed by atoms with Crippen molar-refractivity contribution in [3.05, 3.63) is 0 Å². The second-order valence-corrected chi connectivity index (χ2v) is 12.5. The first-order valence-electron chi connectivity index (χ1n) is 12.3. The molecule has 0 aromatic rings. The third-order valence-electron chi connectivity index (χ3n) is 4.94. The monoisotopic (exact) mass is 423 g/mol. The molecule has 2 fully saturated rings. The van der Waals surface area contributed by atoms with Crippen LogP contribution in [0.25, 0.3) is 0 Å². The van der Waals surface area contributed by atoms with Crippen LogP contribution in [0.2, 0.25) is 0 Å². The molecular weight excluding hydrogens is 370 g/mol. The van der Waals surface area contributed by atoms with Crippen molar-refractivity contribution in [1.82, 2.24) is 4.90 Å². The molecule has 0 radical (unpaired) electrons. The van der Waals surface area contributed by atoms with Gasteiger partial charge in [0.25, 0.3) is 0 Å². The third kappa shape index (κ3) is 18.0. The van der Waals surface area contributed by atoms with E-state index in [0.717, 1.165) is 0 Å². The molecule has 0 unspecified atom stereocenters. The fourth-order valence-electron chi connectivity index (χ4n) is 3.14. The Balaban J connectivity index is 0.000000388. The van der Waals surface area contributed by atoms with Crippen molar-refractivity contribution in [1.29, 1.82) is 0 Å². The zero-order chi connectivity index (χ0) is 23.3. The molecule has 2 aliphatic heterocycles. The van der Waals surface area contributed by atoms with Crippen molar-refractivity contribution in [3.8, 4) is 0 Å². The van der Waals surface area contributed by atoms with Gasteiger partial charge >= 0.3 is 0 Å². The second-order valence-electron chi connectivity index (χ2n) is 12.5. The maximum Gasteiger partial charge on any atom is 0.190 e. The quantitative estimate of drug-likeness (QED) is 0.384. The summed E-state index contributed by atoms with van der Waals surface area (Å²) in [6.07, 6.45) is 13.2. The molecule has 3 rings (SSSR count). The molecule has 1 aliphatic carbocycles. The van der Waals surface area contributed by atoms with E-state index in [1.54, 1.807) is 0 Å². The van der Waals surface area contributed by atoms with E-state index in [2.05, 4.69) is 94.8 Å². The van der Waals surface area contributed by atoms with Crippen molar-refractivity contribution in [2.75, 3.05) is 13.1 Å². The van der Waals surface area contributed by atoms with Crippen molar-refractivity contribution in [2.24, 2.45) is 31.5 Å². The van der Waals surface area contributed by atoms with Gasteiger partial charge in [0.05, 0.1) is 0 Å². The summed E-state index contributed by atoms with van der Waals surface area (Å²) in [6, 6.07) is 0. The van der Waals surface area contributed by atoms with Gasteiger partial charge in [-0.05, 0) is 62.6 Å². The highest BCUT2D eigenvalue weighted by Crippen LogP contribution is 2.26. The van der Waals surface area contributed by atoms with Crippen LogP contribution in [-0.4, -0.2) is 29.7 Å². The van der Waals surface area contributed by atoms with Gasteiger partial charge in [0, 0.05) is 11.0 Å². The minimum absolute atomic E-state index is 0.0590. The lowest BCUT2D eigenvalue weighted by Crippen LogP contribution is -2.44. The van der Waals surface area contributed by atoms with Gasteiger partial charge in [0.1, 0.15) is 0 Å². The van der Waals surface area contributed by atoms with Crippen molar-refractivity contribution < 1.29 is 0 Å². The molecule has 30 heavy (non-hydrogen) atoms. The SMILES string of the molecule is C1CCCCC1.CC(C)(C)C.CC(C)(C)C1N=NN=N1.CC(C)(C)N1CCCCC1.